The van der Waals surface area contributed by atoms with E-state index in [2.05, 4.69) is 6.92 Å². The molecule has 3 unspecified atom stereocenters. The maximum Gasteiger partial charge on any atom is 0.0944 e. The van der Waals surface area contributed by atoms with Crippen molar-refractivity contribution in [2.24, 2.45) is 11.7 Å². The number of aliphatic hydroxyl groups excluding tert-OH is 1. The maximum atomic E-state index is 10.5. The summed E-state index contributed by atoms with van der Waals surface area (Å²) >= 11 is 0. The molecule has 0 radical (unpaired) electrons. The first-order valence-corrected chi connectivity index (χ1v) is 9.46. The van der Waals surface area contributed by atoms with Crippen molar-refractivity contribution in [2.75, 3.05) is 13.1 Å². The highest BCUT2D eigenvalue weighted by molar-refractivity contribution is 4.86. The Bertz CT molecular complexity index is 318. The minimum atomic E-state index is -0.142. The summed E-state index contributed by atoms with van der Waals surface area (Å²) in [6.45, 7) is 4.50. The van der Waals surface area contributed by atoms with Crippen LogP contribution in [0, 0.1) is 5.92 Å². The number of nitrogens with two attached hydrogens (primary N) is 1. The quantitative estimate of drug-likeness (QED) is 0.783. The van der Waals surface area contributed by atoms with Crippen LogP contribution in [0.4, 0.5) is 0 Å². The standard InChI is InChI=1S/C18H35N2O/c1-2-18(21)14-11-15(19)13-20(12-14,16-7-3-4-8-16)17-9-5-6-10-17/h14-18,21H,2-13,19H2,1H3/q+1. The molecule has 3 N–H and O–H groups in total. The summed E-state index contributed by atoms with van der Waals surface area (Å²) in [7, 11) is 0. The Morgan fingerprint density at radius 3 is 2.00 bits per heavy atom. The van der Waals surface area contributed by atoms with Crippen LogP contribution in [0.2, 0.25) is 0 Å². The van der Waals surface area contributed by atoms with Gasteiger partial charge in [0.15, 0.2) is 0 Å². The predicted octanol–water partition coefficient (Wildman–Crippen LogP) is 2.81. The zero-order chi connectivity index (χ0) is 14.9. The highest BCUT2D eigenvalue weighted by atomic mass is 16.3. The van der Waals surface area contributed by atoms with Crippen LogP contribution in [0.1, 0.15) is 71.1 Å². The molecular weight excluding hydrogens is 260 g/mol. The number of hydrogen-bond acceptors (Lipinski definition) is 2. The molecule has 0 amide bonds. The lowest BCUT2D eigenvalue weighted by Gasteiger charge is -2.54. The second-order valence-electron chi connectivity index (χ2n) is 8.08. The summed E-state index contributed by atoms with van der Waals surface area (Å²) in [5, 5.41) is 10.5. The van der Waals surface area contributed by atoms with E-state index in [0.29, 0.717) is 12.0 Å². The van der Waals surface area contributed by atoms with Gasteiger partial charge < -0.3 is 15.3 Å². The van der Waals surface area contributed by atoms with Crippen molar-refractivity contribution in [1.82, 2.24) is 0 Å². The van der Waals surface area contributed by atoms with Crippen molar-refractivity contribution in [1.29, 1.82) is 0 Å². The molecular formula is C18H35N2O+. The van der Waals surface area contributed by atoms with Crippen molar-refractivity contribution in [2.45, 2.75) is 95.4 Å². The Balaban J connectivity index is 1.85. The Labute approximate surface area is 130 Å². The SMILES string of the molecule is CCC(O)C1CC(N)C[N+](C2CCCC2)(C2CCCC2)C1. The minimum Gasteiger partial charge on any atom is -0.393 e. The van der Waals surface area contributed by atoms with Gasteiger partial charge in [-0.05, 0) is 64.2 Å². The molecule has 2 aliphatic carbocycles. The average Bonchev–Trinajstić information content (AvgIpc) is 3.18. The van der Waals surface area contributed by atoms with Gasteiger partial charge in [-0.25, -0.2) is 0 Å². The Morgan fingerprint density at radius 2 is 1.52 bits per heavy atom. The van der Waals surface area contributed by atoms with Crippen molar-refractivity contribution < 1.29 is 9.59 Å². The van der Waals surface area contributed by atoms with Gasteiger partial charge in [-0.2, -0.15) is 0 Å². The van der Waals surface area contributed by atoms with Gasteiger partial charge in [-0.1, -0.05) is 6.92 Å². The topological polar surface area (TPSA) is 46.2 Å². The fraction of sp³-hybridized carbons (Fsp3) is 1.00. The molecule has 3 nitrogen and oxygen atoms in total. The van der Waals surface area contributed by atoms with Gasteiger partial charge in [0.25, 0.3) is 0 Å². The number of quaternary nitrogens is 1. The van der Waals surface area contributed by atoms with Gasteiger partial charge in [0.2, 0.25) is 0 Å². The molecule has 0 aromatic carbocycles. The van der Waals surface area contributed by atoms with Crippen LogP contribution >= 0.6 is 0 Å². The van der Waals surface area contributed by atoms with E-state index in [-0.39, 0.29) is 6.10 Å². The first-order chi connectivity index (χ1) is 10.2. The first kappa shape index (κ1) is 15.8. The molecule has 3 fully saturated rings. The molecule has 3 aliphatic rings. The summed E-state index contributed by atoms with van der Waals surface area (Å²) in [5.74, 6) is 0.431. The van der Waals surface area contributed by atoms with E-state index in [1.807, 2.05) is 0 Å². The number of aliphatic hydroxyl groups is 1. The molecule has 0 bridgehead atoms. The number of piperidine rings is 1. The molecule has 3 atom stereocenters. The molecule has 3 rings (SSSR count). The molecule has 2 saturated carbocycles. The third kappa shape index (κ3) is 3.02. The van der Waals surface area contributed by atoms with Gasteiger partial charge >= 0.3 is 0 Å². The largest absolute Gasteiger partial charge is 0.393 e. The van der Waals surface area contributed by atoms with E-state index in [1.165, 1.54) is 68.9 Å². The number of rotatable bonds is 4. The van der Waals surface area contributed by atoms with E-state index >= 15 is 0 Å². The van der Waals surface area contributed by atoms with E-state index in [1.54, 1.807) is 0 Å². The molecule has 1 saturated heterocycles. The number of likely N-dealkylation sites (tertiary alicyclic amines) is 1. The number of hydrogen-bond donors (Lipinski definition) is 2. The molecule has 1 heterocycles. The average molecular weight is 295 g/mol. The van der Waals surface area contributed by atoms with Gasteiger partial charge in [-0.3, -0.25) is 0 Å². The van der Waals surface area contributed by atoms with Crippen molar-refractivity contribution >= 4 is 0 Å². The summed E-state index contributed by atoms with van der Waals surface area (Å²) in [4.78, 5) is 0. The molecule has 0 spiro atoms. The van der Waals surface area contributed by atoms with E-state index < -0.39 is 0 Å². The van der Waals surface area contributed by atoms with Gasteiger partial charge in [0, 0.05) is 5.92 Å². The molecule has 122 valence electrons. The van der Waals surface area contributed by atoms with Crippen molar-refractivity contribution in [3.05, 3.63) is 0 Å². The van der Waals surface area contributed by atoms with Crippen molar-refractivity contribution in [3.8, 4) is 0 Å². The van der Waals surface area contributed by atoms with Crippen LogP contribution in [-0.2, 0) is 0 Å². The van der Waals surface area contributed by atoms with E-state index in [4.69, 9.17) is 5.73 Å². The lowest BCUT2D eigenvalue weighted by molar-refractivity contribution is -0.980. The molecule has 0 aromatic rings. The summed E-state index contributed by atoms with van der Waals surface area (Å²) in [6, 6.07) is 1.98. The molecule has 1 aliphatic heterocycles. The second kappa shape index (κ2) is 6.55. The Kier molecular flexibility index (Phi) is 4.92. The second-order valence-corrected chi connectivity index (χ2v) is 8.08. The predicted molar refractivity (Wildman–Crippen MR) is 86.9 cm³/mol. The highest BCUT2D eigenvalue weighted by Gasteiger charge is 2.51. The Hall–Kier alpha value is -0.120. The molecule has 0 aromatic heterocycles. The van der Waals surface area contributed by atoms with Crippen LogP contribution in [0.15, 0.2) is 0 Å². The van der Waals surface area contributed by atoms with Gasteiger partial charge in [0.1, 0.15) is 0 Å². The summed E-state index contributed by atoms with van der Waals surface area (Å²) in [5.41, 5.74) is 6.50. The Morgan fingerprint density at radius 1 is 1.00 bits per heavy atom. The van der Waals surface area contributed by atoms with Gasteiger partial charge in [-0.15, -0.1) is 0 Å². The normalized spacial score (nSPS) is 36.1. The van der Waals surface area contributed by atoms with Crippen LogP contribution in [-0.4, -0.2) is 46.9 Å². The third-order valence-corrected chi connectivity index (χ3v) is 6.82. The zero-order valence-corrected chi connectivity index (χ0v) is 13.8. The monoisotopic (exact) mass is 295 g/mol. The summed E-state index contributed by atoms with van der Waals surface area (Å²) < 4.78 is 1.28. The fourth-order valence-corrected chi connectivity index (χ4v) is 5.83. The summed E-state index contributed by atoms with van der Waals surface area (Å²) in [6.07, 6.45) is 13.0. The lowest BCUT2D eigenvalue weighted by atomic mass is 9.83. The molecule has 21 heavy (non-hydrogen) atoms. The van der Waals surface area contributed by atoms with Crippen LogP contribution in [0.5, 0.6) is 0 Å². The third-order valence-electron chi connectivity index (χ3n) is 6.82. The van der Waals surface area contributed by atoms with Crippen LogP contribution in [0.25, 0.3) is 0 Å². The fourth-order valence-electron chi connectivity index (χ4n) is 5.83. The maximum absolute atomic E-state index is 10.5. The first-order valence-electron chi connectivity index (χ1n) is 9.46. The number of nitrogens with zero attached hydrogens (tertiary/aromatic N) is 1. The van der Waals surface area contributed by atoms with E-state index in [9.17, 15) is 5.11 Å². The lowest BCUT2D eigenvalue weighted by Crippen LogP contribution is -2.69. The van der Waals surface area contributed by atoms with Crippen LogP contribution < -0.4 is 5.73 Å². The molecule has 3 heteroatoms. The zero-order valence-electron chi connectivity index (χ0n) is 13.8. The van der Waals surface area contributed by atoms with Crippen molar-refractivity contribution in [3.63, 3.8) is 0 Å². The highest BCUT2D eigenvalue weighted by Crippen LogP contribution is 2.42. The minimum absolute atomic E-state index is 0.142. The van der Waals surface area contributed by atoms with Gasteiger partial charge in [0.05, 0.1) is 37.3 Å². The smallest absolute Gasteiger partial charge is 0.0944 e. The van der Waals surface area contributed by atoms with E-state index in [0.717, 1.165) is 24.9 Å². The van der Waals surface area contributed by atoms with Crippen LogP contribution in [0.3, 0.4) is 0 Å².